The summed E-state index contributed by atoms with van der Waals surface area (Å²) in [6.07, 6.45) is 5.34. The normalized spacial score (nSPS) is 19.7. The fourth-order valence-electron chi connectivity index (χ4n) is 2.96. The van der Waals surface area contributed by atoms with Crippen molar-refractivity contribution in [3.8, 4) is 0 Å². The third-order valence-electron chi connectivity index (χ3n) is 4.20. The predicted octanol–water partition coefficient (Wildman–Crippen LogP) is 3.78. The van der Waals surface area contributed by atoms with Gasteiger partial charge in [0, 0.05) is 25.3 Å². The van der Waals surface area contributed by atoms with E-state index in [1.165, 1.54) is 43.5 Å². The third-order valence-corrected chi connectivity index (χ3v) is 4.20. The van der Waals surface area contributed by atoms with E-state index < -0.39 is 0 Å². The molecular weight excluding hydrogens is 232 g/mol. The lowest BCUT2D eigenvalue weighted by molar-refractivity contribution is 0.384. The summed E-state index contributed by atoms with van der Waals surface area (Å²) in [6.45, 7) is 6.89. The zero-order valence-corrected chi connectivity index (χ0v) is 12.7. The van der Waals surface area contributed by atoms with Gasteiger partial charge in [0.25, 0.3) is 0 Å². The molecule has 2 nitrogen and oxygen atoms in total. The first-order chi connectivity index (χ1) is 9.18. The van der Waals surface area contributed by atoms with E-state index in [2.05, 4.69) is 55.4 Å². The quantitative estimate of drug-likeness (QED) is 0.867. The standard InChI is InChI=1S/C17H28N2/c1-14(2)16-9-4-5-10-17(16)19(3)13-11-15-8-6-7-12-18-15/h4-5,9-10,14-15,18H,6-8,11-13H2,1-3H3. The minimum atomic E-state index is 0.589. The van der Waals surface area contributed by atoms with Gasteiger partial charge in [0.15, 0.2) is 0 Å². The maximum atomic E-state index is 3.64. The first kappa shape index (κ1) is 14.4. The number of hydrogen-bond donors (Lipinski definition) is 1. The minimum Gasteiger partial charge on any atom is -0.374 e. The fraction of sp³-hybridized carbons (Fsp3) is 0.647. The van der Waals surface area contributed by atoms with Crippen LogP contribution in [-0.4, -0.2) is 26.2 Å². The molecule has 19 heavy (non-hydrogen) atoms. The number of hydrogen-bond acceptors (Lipinski definition) is 2. The zero-order chi connectivity index (χ0) is 13.7. The SMILES string of the molecule is CC(C)c1ccccc1N(C)CCC1CCCCN1. The molecule has 1 saturated heterocycles. The molecule has 2 rings (SSSR count). The molecule has 1 N–H and O–H groups in total. The summed E-state index contributed by atoms with van der Waals surface area (Å²) < 4.78 is 0. The van der Waals surface area contributed by atoms with E-state index in [0.29, 0.717) is 5.92 Å². The van der Waals surface area contributed by atoms with Gasteiger partial charge in [-0.1, -0.05) is 38.5 Å². The highest BCUT2D eigenvalue weighted by molar-refractivity contribution is 5.54. The molecule has 0 saturated carbocycles. The Labute approximate surface area is 118 Å². The molecule has 1 heterocycles. The van der Waals surface area contributed by atoms with Crippen LogP contribution in [0, 0.1) is 0 Å². The molecule has 0 amide bonds. The molecule has 1 aliphatic heterocycles. The average molecular weight is 260 g/mol. The number of nitrogens with one attached hydrogen (secondary N) is 1. The first-order valence-electron chi connectivity index (χ1n) is 7.72. The van der Waals surface area contributed by atoms with Gasteiger partial charge >= 0.3 is 0 Å². The lowest BCUT2D eigenvalue weighted by Crippen LogP contribution is -2.36. The molecule has 0 spiro atoms. The highest BCUT2D eigenvalue weighted by Crippen LogP contribution is 2.26. The zero-order valence-electron chi connectivity index (χ0n) is 12.7. The Kier molecular flexibility index (Phi) is 5.26. The molecule has 0 aliphatic carbocycles. The van der Waals surface area contributed by atoms with Crippen molar-refractivity contribution in [2.75, 3.05) is 25.0 Å². The Morgan fingerprint density at radius 1 is 1.26 bits per heavy atom. The molecule has 1 aliphatic rings. The van der Waals surface area contributed by atoms with Crippen LogP contribution in [-0.2, 0) is 0 Å². The van der Waals surface area contributed by atoms with Crippen molar-refractivity contribution >= 4 is 5.69 Å². The smallest absolute Gasteiger partial charge is 0.0398 e. The fourth-order valence-corrected chi connectivity index (χ4v) is 2.96. The second-order valence-electron chi connectivity index (χ2n) is 6.07. The summed E-state index contributed by atoms with van der Waals surface area (Å²) in [6, 6.07) is 9.53. The van der Waals surface area contributed by atoms with Crippen molar-refractivity contribution in [1.82, 2.24) is 5.32 Å². The summed E-state index contributed by atoms with van der Waals surface area (Å²) in [7, 11) is 2.23. The summed E-state index contributed by atoms with van der Waals surface area (Å²) >= 11 is 0. The Balaban J connectivity index is 1.93. The van der Waals surface area contributed by atoms with Crippen LogP contribution >= 0.6 is 0 Å². The van der Waals surface area contributed by atoms with E-state index in [9.17, 15) is 0 Å². The van der Waals surface area contributed by atoms with Crippen molar-refractivity contribution in [2.45, 2.75) is 51.5 Å². The molecule has 1 fully saturated rings. The van der Waals surface area contributed by atoms with Gasteiger partial charge in [-0.2, -0.15) is 0 Å². The number of rotatable bonds is 5. The lowest BCUT2D eigenvalue weighted by Gasteiger charge is -2.28. The number of benzene rings is 1. The van der Waals surface area contributed by atoms with E-state index >= 15 is 0 Å². The molecule has 1 aromatic carbocycles. The molecular formula is C17H28N2. The molecule has 0 bridgehead atoms. The van der Waals surface area contributed by atoms with Crippen molar-refractivity contribution in [2.24, 2.45) is 0 Å². The average Bonchev–Trinajstić information content (AvgIpc) is 2.46. The summed E-state index contributed by atoms with van der Waals surface area (Å²) in [5, 5.41) is 3.64. The molecule has 0 radical (unpaired) electrons. The first-order valence-corrected chi connectivity index (χ1v) is 7.72. The van der Waals surface area contributed by atoms with Gasteiger partial charge < -0.3 is 10.2 Å². The topological polar surface area (TPSA) is 15.3 Å². The van der Waals surface area contributed by atoms with Crippen LogP contribution in [0.5, 0.6) is 0 Å². The van der Waals surface area contributed by atoms with Gasteiger partial charge in [-0.3, -0.25) is 0 Å². The largest absolute Gasteiger partial charge is 0.374 e. The van der Waals surface area contributed by atoms with Crippen LogP contribution in [0.4, 0.5) is 5.69 Å². The van der Waals surface area contributed by atoms with Gasteiger partial charge in [-0.25, -0.2) is 0 Å². The molecule has 1 aromatic rings. The van der Waals surface area contributed by atoms with E-state index in [4.69, 9.17) is 0 Å². The predicted molar refractivity (Wildman–Crippen MR) is 84.1 cm³/mol. The van der Waals surface area contributed by atoms with Crippen LogP contribution in [0.1, 0.15) is 51.0 Å². The maximum Gasteiger partial charge on any atom is 0.0398 e. The molecule has 106 valence electrons. The highest BCUT2D eigenvalue weighted by Gasteiger charge is 2.14. The second kappa shape index (κ2) is 6.95. The van der Waals surface area contributed by atoms with Gasteiger partial charge in [-0.05, 0) is 43.4 Å². The van der Waals surface area contributed by atoms with Crippen LogP contribution in [0.25, 0.3) is 0 Å². The molecule has 1 unspecified atom stereocenters. The van der Waals surface area contributed by atoms with Gasteiger partial charge in [0.2, 0.25) is 0 Å². The third kappa shape index (κ3) is 3.97. The van der Waals surface area contributed by atoms with Crippen molar-refractivity contribution in [3.63, 3.8) is 0 Å². The van der Waals surface area contributed by atoms with Crippen LogP contribution in [0.15, 0.2) is 24.3 Å². The van der Waals surface area contributed by atoms with Crippen molar-refractivity contribution in [1.29, 1.82) is 0 Å². The Bertz CT molecular complexity index is 381. The van der Waals surface area contributed by atoms with E-state index in [0.717, 1.165) is 12.6 Å². The minimum absolute atomic E-state index is 0.589. The highest BCUT2D eigenvalue weighted by atomic mass is 15.1. The lowest BCUT2D eigenvalue weighted by atomic mass is 9.99. The van der Waals surface area contributed by atoms with E-state index in [1.54, 1.807) is 0 Å². The van der Waals surface area contributed by atoms with Gasteiger partial charge in [-0.15, -0.1) is 0 Å². The Morgan fingerprint density at radius 3 is 2.74 bits per heavy atom. The molecule has 1 atom stereocenters. The van der Waals surface area contributed by atoms with Gasteiger partial charge in [0.1, 0.15) is 0 Å². The number of para-hydroxylation sites is 1. The Morgan fingerprint density at radius 2 is 2.05 bits per heavy atom. The molecule has 0 aromatic heterocycles. The van der Waals surface area contributed by atoms with Crippen LogP contribution < -0.4 is 10.2 Å². The van der Waals surface area contributed by atoms with Crippen LogP contribution in [0.3, 0.4) is 0 Å². The number of piperidine rings is 1. The van der Waals surface area contributed by atoms with E-state index in [1.807, 2.05) is 0 Å². The second-order valence-corrected chi connectivity index (χ2v) is 6.07. The van der Waals surface area contributed by atoms with Crippen molar-refractivity contribution < 1.29 is 0 Å². The van der Waals surface area contributed by atoms with Crippen molar-refractivity contribution in [3.05, 3.63) is 29.8 Å². The number of nitrogens with zero attached hydrogens (tertiary/aromatic N) is 1. The summed E-state index contributed by atoms with van der Waals surface area (Å²) in [5.41, 5.74) is 2.86. The Hall–Kier alpha value is -1.02. The van der Waals surface area contributed by atoms with E-state index in [-0.39, 0.29) is 0 Å². The summed E-state index contributed by atoms with van der Waals surface area (Å²) in [4.78, 5) is 2.42. The maximum absolute atomic E-state index is 3.64. The van der Waals surface area contributed by atoms with Crippen LogP contribution in [0.2, 0.25) is 0 Å². The molecule has 2 heteroatoms. The monoisotopic (exact) mass is 260 g/mol. The summed E-state index contributed by atoms with van der Waals surface area (Å²) in [5.74, 6) is 0.589. The number of anilines is 1. The van der Waals surface area contributed by atoms with Gasteiger partial charge in [0.05, 0.1) is 0 Å².